The first-order valence-corrected chi connectivity index (χ1v) is 9.48. The van der Waals surface area contributed by atoms with Crippen LogP contribution in [0.1, 0.15) is 31.2 Å². The smallest absolute Gasteiger partial charge is 0.191 e. The van der Waals surface area contributed by atoms with E-state index in [9.17, 15) is 0 Å². The number of aryl methyl sites for hydroxylation is 1. The zero-order valence-corrected chi connectivity index (χ0v) is 16.1. The van der Waals surface area contributed by atoms with Gasteiger partial charge < -0.3 is 20.1 Å². The molecular weight excluding hydrogens is 350 g/mol. The lowest BCUT2D eigenvalue weighted by atomic mass is 10.0. The molecule has 1 saturated heterocycles. The third-order valence-corrected chi connectivity index (χ3v) is 4.90. The van der Waals surface area contributed by atoms with Gasteiger partial charge in [0.15, 0.2) is 11.7 Å². The highest BCUT2D eigenvalue weighted by molar-refractivity contribution is 6.33. The molecule has 0 saturated carbocycles. The SMILES string of the molecule is CCc1cc(CNC(=NC)NC2CCCN(c3ccccc3Cl)C2)on1. The Balaban J connectivity index is 1.55. The summed E-state index contributed by atoms with van der Waals surface area (Å²) < 4.78 is 5.31. The fourth-order valence-electron chi connectivity index (χ4n) is 3.19. The molecule has 2 heterocycles. The highest BCUT2D eigenvalue weighted by Crippen LogP contribution is 2.27. The van der Waals surface area contributed by atoms with Crippen LogP contribution in [0.4, 0.5) is 5.69 Å². The van der Waals surface area contributed by atoms with Gasteiger partial charge in [0, 0.05) is 32.2 Å². The molecule has 0 radical (unpaired) electrons. The van der Waals surface area contributed by atoms with Crippen LogP contribution in [0.5, 0.6) is 0 Å². The summed E-state index contributed by atoms with van der Waals surface area (Å²) in [7, 11) is 1.78. The lowest BCUT2D eigenvalue weighted by Gasteiger charge is -2.35. The van der Waals surface area contributed by atoms with Crippen LogP contribution < -0.4 is 15.5 Å². The number of rotatable bonds is 5. The first kappa shape index (κ1) is 18.6. The number of piperidine rings is 1. The standard InChI is InChI=1S/C19H26ClN5O/c1-3-14-11-16(26-24-14)12-22-19(21-2)23-15-7-6-10-25(13-15)18-9-5-4-8-17(18)20/h4-5,8-9,11,15H,3,6-7,10,12-13H2,1-2H3,(H2,21,22,23). The van der Waals surface area contributed by atoms with Crippen LogP contribution in [-0.2, 0) is 13.0 Å². The first-order chi connectivity index (χ1) is 12.7. The number of aliphatic imine (C=N–C) groups is 1. The van der Waals surface area contributed by atoms with Crippen molar-refractivity contribution in [3.63, 3.8) is 0 Å². The Labute approximate surface area is 159 Å². The molecule has 0 amide bonds. The maximum Gasteiger partial charge on any atom is 0.191 e. The monoisotopic (exact) mass is 375 g/mol. The molecule has 1 aliphatic heterocycles. The third kappa shape index (κ3) is 4.69. The number of hydrogen-bond donors (Lipinski definition) is 2. The number of para-hydroxylation sites is 1. The predicted octanol–water partition coefficient (Wildman–Crippen LogP) is 3.22. The predicted molar refractivity (Wildman–Crippen MR) is 106 cm³/mol. The minimum absolute atomic E-state index is 0.312. The molecule has 3 rings (SSSR count). The molecule has 6 nitrogen and oxygen atoms in total. The van der Waals surface area contributed by atoms with Crippen molar-refractivity contribution < 1.29 is 4.52 Å². The van der Waals surface area contributed by atoms with Crippen molar-refractivity contribution >= 4 is 23.2 Å². The highest BCUT2D eigenvalue weighted by Gasteiger charge is 2.22. The van der Waals surface area contributed by atoms with Gasteiger partial charge in [-0.1, -0.05) is 35.8 Å². The molecule has 26 heavy (non-hydrogen) atoms. The molecular formula is C19H26ClN5O. The maximum absolute atomic E-state index is 6.36. The van der Waals surface area contributed by atoms with Gasteiger partial charge in [-0.3, -0.25) is 4.99 Å². The number of halogens is 1. The fraction of sp³-hybridized carbons (Fsp3) is 0.474. The zero-order valence-electron chi connectivity index (χ0n) is 15.3. The number of benzene rings is 1. The largest absolute Gasteiger partial charge is 0.368 e. The van der Waals surface area contributed by atoms with Crippen LogP contribution in [0.3, 0.4) is 0 Å². The van der Waals surface area contributed by atoms with Crippen molar-refractivity contribution in [3.8, 4) is 0 Å². The fourth-order valence-corrected chi connectivity index (χ4v) is 3.44. The number of aromatic nitrogens is 1. The topological polar surface area (TPSA) is 65.7 Å². The van der Waals surface area contributed by atoms with E-state index in [0.29, 0.717) is 12.6 Å². The van der Waals surface area contributed by atoms with Gasteiger partial charge in [-0.15, -0.1) is 0 Å². The third-order valence-electron chi connectivity index (χ3n) is 4.58. The molecule has 1 aromatic carbocycles. The van der Waals surface area contributed by atoms with Gasteiger partial charge in [0.1, 0.15) is 0 Å². The number of anilines is 1. The van der Waals surface area contributed by atoms with Crippen molar-refractivity contribution in [2.24, 2.45) is 4.99 Å². The zero-order chi connectivity index (χ0) is 18.4. The van der Waals surface area contributed by atoms with E-state index in [2.05, 4.69) is 38.7 Å². The molecule has 1 aliphatic rings. The number of nitrogens with zero attached hydrogens (tertiary/aromatic N) is 3. The molecule has 7 heteroatoms. The average molecular weight is 376 g/mol. The maximum atomic E-state index is 6.36. The van der Waals surface area contributed by atoms with Gasteiger partial charge in [0.2, 0.25) is 0 Å². The van der Waals surface area contributed by atoms with E-state index in [1.807, 2.05) is 24.3 Å². The average Bonchev–Trinajstić information content (AvgIpc) is 3.14. The summed E-state index contributed by atoms with van der Waals surface area (Å²) in [6, 6.07) is 10.3. The quantitative estimate of drug-likeness (QED) is 0.620. The van der Waals surface area contributed by atoms with Crippen LogP contribution in [0, 0.1) is 0 Å². The van der Waals surface area contributed by atoms with Crippen LogP contribution in [0.25, 0.3) is 0 Å². The molecule has 2 aromatic rings. The van der Waals surface area contributed by atoms with E-state index >= 15 is 0 Å². The van der Waals surface area contributed by atoms with E-state index in [1.165, 1.54) is 0 Å². The summed E-state index contributed by atoms with van der Waals surface area (Å²) in [6.45, 7) is 4.54. The lowest BCUT2D eigenvalue weighted by molar-refractivity contribution is 0.374. The molecule has 1 fully saturated rings. The minimum Gasteiger partial charge on any atom is -0.368 e. The molecule has 2 N–H and O–H groups in total. The van der Waals surface area contributed by atoms with Crippen molar-refractivity contribution in [2.45, 2.75) is 38.8 Å². The number of hydrogen-bond acceptors (Lipinski definition) is 4. The lowest BCUT2D eigenvalue weighted by Crippen LogP contribution is -2.51. The van der Waals surface area contributed by atoms with Gasteiger partial charge in [-0.25, -0.2) is 0 Å². The van der Waals surface area contributed by atoms with Crippen LogP contribution >= 0.6 is 11.6 Å². The van der Waals surface area contributed by atoms with Crippen LogP contribution in [-0.4, -0.2) is 37.3 Å². The Morgan fingerprint density at radius 2 is 2.27 bits per heavy atom. The summed E-state index contributed by atoms with van der Waals surface area (Å²) in [5.41, 5.74) is 2.06. The van der Waals surface area contributed by atoms with Gasteiger partial charge in [-0.2, -0.15) is 0 Å². The Morgan fingerprint density at radius 1 is 1.42 bits per heavy atom. The van der Waals surface area contributed by atoms with Gasteiger partial charge in [-0.05, 0) is 31.4 Å². The molecule has 1 atom stereocenters. The second-order valence-electron chi connectivity index (χ2n) is 6.44. The highest BCUT2D eigenvalue weighted by atomic mass is 35.5. The van der Waals surface area contributed by atoms with Crippen molar-refractivity contribution in [3.05, 3.63) is 46.8 Å². The Morgan fingerprint density at radius 3 is 3.00 bits per heavy atom. The van der Waals surface area contributed by atoms with Gasteiger partial charge >= 0.3 is 0 Å². The summed E-state index contributed by atoms with van der Waals surface area (Å²) in [5.74, 6) is 1.58. The molecule has 140 valence electrons. The minimum atomic E-state index is 0.312. The van der Waals surface area contributed by atoms with E-state index in [-0.39, 0.29) is 0 Å². The molecule has 0 aliphatic carbocycles. The summed E-state index contributed by atoms with van der Waals surface area (Å²) in [4.78, 5) is 6.66. The molecule has 0 spiro atoms. The van der Waals surface area contributed by atoms with Crippen molar-refractivity contribution in [1.29, 1.82) is 0 Å². The Kier molecular flexibility index (Phi) is 6.39. The van der Waals surface area contributed by atoms with E-state index in [1.54, 1.807) is 7.05 Å². The van der Waals surface area contributed by atoms with Gasteiger partial charge in [0.25, 0.3) is 0 Å². The van der Waals surface area contributed by atoms with E-state index in [4.69, 9.17) is 16.1 Å². The Hall–Kier alpha value is -2.21. The second-order valence-corrected chi connectivity index (χ2v) is 6.85. The molecule has 0 bridgehead atoms. The van der Waals surface area contributed by atoms with Crippen molar-refractivity contribution in [2.75, 3.05) is 25.0 Å². The normalized spacial score (nSPS) is 18.0. The first-order valence-electron chi connectivity index (χ1n) is 9.10. The molecule has 1 unspecified atom stereocenters. The van der Waals surface area contributed by atoms with E-state index in [0.717, 1.165) is 60.5 Å². The molecule has 1 aromatic heterocycles. The summed E-state index contributed by atoms with van der Waals surface area (Å²) >= 11 is 6.36. The van der Waals surface area contributed by atoms with Gasteiger partial charge in [0.05, 0.1) is 22.9 Å². The summed E-state index contributed by atoms with van der Waals surface area (Å²) in [5, 5.41) is 11.6. The van der Waals surface area contributed by atoms with Crippen molar-refractivity contribution in [1.82, 2.24) is 15.8 Å². The second kappa shape index (κ2) is 8.94. The number of nitrogens with one attached hydrogen (secondary N) is 2. The van der Waals surface area contributed by atoms with Crippen LogP contribution in [0.15, 0.2) is 39.8 Å². The summed E-state index contributed by atoms with van der Waals surface area (Å²) in [6.07, 6.45) is 3.09. The van der Waals surface area contributed by atoms with Crippen LogP contribution in [0.2, 0.25) is 5.02 Å². The Bertz CT molecular complexity index is 745. The van der Waals surface area contributed by atoms with E-state index < -0.39 is 0 Å². The number of guanidine groups is 1.